The van der Waals surface area contributed by atoms with Crippen molar-refractivity contribution in [2.75, 3.05) is 19.6 Å². The zero-order valence-corrected chi connectivity index (χ0v) is 16.3. The summed E-state index contributed by atoms with van der Waals surface area (Å²) < 4.78 is 27.6. The number of rotatable bonds is 9. The van der Waals surface area contributed by atoms with E-state index in [1.165, 1.54) is 45.5 Å². The number of nitrogens with zero attached hydrogens (tertiary/aromatic N) is 3. The molecule has 1 aromatic carbocycles. The van der Waals surface area contributed by atoms with Crippen molar-refractivity contribution in [3.05, 3.63) is 58.5 Å². The predicted octanol–water partition coefficient (Wildman–Crippen LogP) is 1.09. The summed E-state index contributed by atoms with van der Waals surface area (Å²) in [5.74, 6) is -0.296. The van der Waals surface area contributed by atoms with E-state index in [1.54, 1.807) is 19.9 Å². The molecule has 0 aliphatic heterocycles. The van der Waals surface area contributed by atoms with Crippen LogP contribution in [-0.4, -0.2) is 48.0 Å². The van der Waals surface area contributed by atoms with Crippen LogP contribution in [0.15, 0.2) is 52.3 Å². The number of aryl methyl sites for hydroxylation is 1. The van der Waals surface area contributed by atoms with Gasteiger partial charge in [-0.25, -0.2) is 13.1 Å². The molecule has 1 heterocycles. The monoisotopic (exact) mass is 392 g/mol. The minimum atomic E-state index is -3.54. The van der Waals surface area contributed by atoms with Gasteiger partial charge >= 0.3 is 0 Å². The molecule has 1 N–H and O–H groups in total. The van der Waals surface area contributed by atoms with Gasteiger partial charge in [-0.1, -0.05) is 13.8 Å². The van der Waals surface area contributed by atoms with E-state index in [-0.39, 0.29) is 16.4 Å². The van der Waals surface area contributed by atoms with Gasteiger partial charge in [-0.2, -0.15) is 9.40 Å². The fraction of sp³-hybridized carbons (Fsp3) is 0.389. The largest absolute Gasteiger partial charge is 0.352 e. The van der Waals surface area contributed by atoms with Crippen LogP contribution in [0.25, 0.3) is 0 Å². The van der Waals surface area contributed by atoms with Crippen molar-refractivity contribution in [2.45, 2.75) is 31.7 Å². The van der Waals surface area contributed by atoms with Crippen LogP contribution in [0.4, 0.5) is 0 Å². The van der Waals surface area contributed by atoms with Crippen LogP contribution in [-0.2, 0) is 16.6 Å². The van der Waals surface area contributed by atoms with Gasteiger partial charge < -0.3 is 5.32 Å². The highest BCUT2D eigenvalue weighted by Gasteiger charge is 2.21. The Hall–Kier alpha value is -2.52. The van der Waals surface area contributed by atoms with Crippen LogP contribution in [0.2, 0.25) is 0 Å². The molecule has 0 atom stereocenters. The highest BCUT2D eigenvalue weighted by atomic mass is 32.2. The van der Waals surface area contributed by atoms with Crippen LogP contribution >= 0.6 is 0 Å². The average Bonchev–Trinajstić information content (AvgIpc) is 2.67. The second kappa shape index (κ2) is 9.43. The molecule has 0 spiro atoms. The van der Waals surface area contributed by atoms with Crippen molar-refractivity contribution in [3.63, 3.8) is 0 Å². The molecule has 9 heteroatoms. The maximum Gasteiger partial charge on any atom is 0.266 e. The average molecular weight is 392 g/mol. The highest BCUT2D eigenvalue weighted by molar-refractivity contribution is 7.89. The molecular weight excluding hydrogens is 368 g/mol. The summed E-state index contributed by atoms with van der Waals surface area (Å²) in [5.41, 5.74) is 0.192. The summed E-state index contributed by atoms with van der Waals surface area (Å²) in [5, 5.41) is 6.69. The van der Waals surface area contributed by atoms with Gasteiger partial charge in [0.05, 0.1) is 4.90 Å². The maximum atomic E-state index is 12.4. The topological polar surface area (TPSA) is 101 Å². The molecular formula is C18H24N4O4S. The first-order chi connectivity index (χ1) is 12.9. The van der Waals surface area contributed by atoms with Gasteiger partial charge in [0.2, 0.25) is 10.0 Å². The first kappa shape index (κ1) is 20.8. The van der Waals surface area contributed by atoms with E-state index in [2.05, 4.69) is 10.4 Å². The summed E-state index contributed by atoms with van der Waals surface area (Å²) in [7, 11) is -3.54. The van der Waals surface area contributed by atoms with E-state index in [0.29, 0.717) is 38.2 Å². The van der Waals surface area contributed by atoms with E-state index < -0.39 is 10.0 Å². The molecule has 146 valence electrons. The Balaban J connectivity index is 1.92. The molecule has 0 saturated heterocycles. The van der Waals surface area contributed by atoms with Crippen molar-refractivity contribution in [1.82, 2.24) is 19.4 Å². The smallest absolute Gasteiger partial charge is 0.266 e. The second-order valence-electron chi connectivity index (χ2n) is 5.81. The summed E-state index contributed by atoms with van der Waals surface area (Å²) in [4.78, 5) is 23.9. The third-order valence-corrected chi connectivity index (χ3v) is 6.14. The molecule has 2 aromatic rings. The Bertz CT molecular complexity index is 919. The quantitative estimate of drug-likeness (QED) is 0.644. The lowest BCUT2D eigenvalue weighted by Gasteiger charge is -2.18. The van der Waals surface area contributed by atoms with Crippen molar-refractivity contribution in [1.29, 1.82) is 0 Å². The number of carbonyl (C=O) groups excluding carboxylic acids is 1. The zero-order valence-electron chi connectivity index (χ0n) is 15.5. The number of nitrogens with one attached hydrogen (secondary N) is 1. The second-order valence-corrected chi connectivity index (χ2v) is 7.75. The van der Waals surface area contributed by atoms with Gasteiger partial charge in [0.25, 0.3) is 11.5 Å². The Morgan fingerprint density at radius 2 is 1.81 bits per heavy atom. The number of benzene rings is 1. The Morgan fingerprint density at radius 1 is 1.15 bits per heavy atom. The molecule has 0 saturated carbocycles. The molecule has 27 heavy (non-hydrogen) atoms. The fourth-order valence-electron chi connectivity index (χ4n) is 2.58. The molecule has 0 fully saturated rings. The molecule has 0 unspecified atom stereocenters. The van der Waals surface area contributed by atoms with Crippen LogP contribution in [0.5, 0.6) is 0 Å². The summed E-state index contributed by atoms with van der Waals surface area (Å²) >= 11 is 0. The molecule has 8 nitrogen and oxygen atoms in total. The van der Waals surface area contributed by atoms with Gasteiger partial charge in [0.1, 0.15) is 0 Å². The van der Waals surface area contributed by atoms with Crippen LogP contribution < -0.4 is 10.9 Å². The van der Waals surface area contributed by atoms with Crippen LogP contribution in [0.3, 0.4) is 0 Å². The number of sulfonamides is 1. The third-order valence-electron chi connectivity index (χ3n) is 4.08. The van der Waals surface area contributed by atoms with Crippen molar-refractivity contribution in [2.24, 2.45) is 0 Å². The number of amides is 1. The van der Waals surface area contributed by atoms with E-state index in [9.17, 15) is 18.0 Å². The van der Waals surface area contributed by atoms with Crippen molar-refractivity contribution >= 4 is 15.9 Å². The SMILES string of the molecule is CCN(CC)S(=O)(=O)c1ccc(C(=O)NCCCn2ncccc2=O)cc1. The van der Waals surface area contributed by atoms with Gasteiger partial charge in [0.15, 0.2) is 0 Å². The van der Waals surface area contributed by atoms with Crippen LogP contribution in [0.1, 0.15) is 30.6 Å². The van der Waals surface area contributed by atoms with Gasteiger partial charge in [-0.05, 0) is 36.8 Å². The number of carbonyl (C=O) groups is 1. The minimum Gasteiger partial charge on any atom is -0.352 e. The van der Waals surface area contributed by atoms with Gasteiger partial charge in [-0.3, -0.25) is 9.59 Å². The van der Waals surface area contributed by atoms with E-state index >= 15 is 0 Å². The molecule has 0 aliphatic carbocycles. The zero-order chi connectivity index (χ0) is 19.9. The lowest BCUT2D eigenvalue weighted by Crippen LogP contribution is -2.30. The molecule has 0 bridgehead atoms. The van der Waals surface area contributed by atoms with E-state index in [0.717, 1.165) is 0 Å². The molecule has 1 aromatic heterocycles. The lowest BCUT2D eigenvalue weighted by atomic mass is 10.2. The maximum absolute atomic E-state index is 12.4. The third kappa shape index (κ3) is 5.24. The van der Waals surface area contributed by atoms with E-state index in [1.807, 2.05) is 0 Å². The Morgan fingerprint density at radius 3 is 2.41 bits per heavy atom. The first-order valence-electron chi connectivity index (χ1n) is 8.80. The fourth-order valence-corrected chi connectivity index (χ4v) is 4.04. The number of hydrogen-bond donors (Lipinski definition) is 1. The van der Waals surface area contributed by atoms with E-state index in [4.69, 9.17) is 0 Å². The Kier molecular flexibility index (Phi) is 7.26. The number of hydrogen-bond acceptors (Lipinski definition) is 5. The minimum absolute atomic E-state index is 0.164. The standard InChI is InChI=1S/C18H24N4O4S/c1-3-21(4-2)27(25,26)16-10-8-15(9-11-16)18(24)19-12-6-14-22-17(23)7-5-13-20-22/h5,7-11,13H,3-4,6,12,14H2,1-2H3,(H,19,24). The normalized spacial score (nSPS) is 11.5. The molecule has 0 aliphatic rings. The summed E-state index contributed by atoms with van der Waals surface area (Å²) in [6.45, 7) is 5.12. The number of aromatic nitrogens is 2. The van der Waals surface area contributed by atoms with Gasteiger partial charge in [-0.15, -0.1) is 0 Å². The lowest BCUT2D eigenvalue weighted by molar-refractivity contribution is 0.0952. The Labute approximate surface area is 158 Å². The van der Waals surface area contributed by atoms with Gasteiger partial charge in [0, 0.05) is 44.0 Å². The molecule has 1 amide bonds. The summed E-state index contributed by atoms with van der Waals surface area (Å²) in [6, 6.07) is 8.88. The molecule has 2 rings (SSSR count). The first-order valence-corrected chi connectivity index (χ1v) is 10.2. The van der Waals surface area contributed by atoms with Crippen molar-refractivity contribution < 1.29 is 13.2 Å². The van der Waals surface area contributed by atoms with Crippen LogP contribution in [0, 0.1) is 0 Å². The summed E-state index contributed by atoms with van der Waals surface area (Å²) in [6.07, 6.45) is 2.09. The molecule has 0 radical (unpaired) electrons. The predicted molar refractivity (Wildman–Crippen MR) is 102 cm³/mol. The highest BCUT2D eigenvalue weighted by Crippen LogP contribution is 2.16. The van der Waals surface area contributed by atoms with Crippen molar-refractivity contribution in [3.8, 4) is 0 Å².